The summed E-state index contributed by atoms with van der Waals surface area (Å²) in [5.74, 6) is -0.680. The summed E-state index contributed by atoms with van der Waals surface area (Å²) >= 11 is 0. The van der Waals surface area contributed by atoms with Crippen LogP contribution in [0.5, 0.6) is 0 Å². The van der Waals surface area contributed by atoms with E-state index < -0.39 is 11.9 Å². The van der Waals surface area contributed by atoms with Crippen molar-refractivity contribution < 1.29 is 9.59 Å². The lowest BCUT2D eigenvalue weighted by molar-refractivity contribution is -0.135. The molecule has 1 spiro atoms. The van der Waals surface area contributed by atoms with E-state index in [0.717, 1.165) is 55.9 Å². The van der Waals surface area contributed by atoms with Gasteiger partial charge in [-0.1, -0.05) is 6.07 Å². The van der Waals surface area contributed by atoms with Gasteiger partial charge in [-0.15, -0.1) is 0 Å². The lowest BCUT2D eigenvalue weighted by atomic mass is 9.86. The van der Waals surface area contributed by atoms with Crippen molar-refractivity contribution in [2.75, 3.05) is 44.2 Å². The summed E-state index contributed by atoms with van der Waals surface area (Å²) in [6.07, 6.45) is 2.90. The molecular formula is C22H30N6O3. The lowest BCUT2D eigenvalue weighted by Gasteiger charge is -2.26. The number of nitrogens with one attached hydrogen (secondary N) is 1. The number of nitrogens with two attached hydrogens (primary N) is 1. The molecule has 3 saturated heterocycles. The highest BCUT2D eigenvalue weighted by molar-refractivity contribution is 6.00. The topological polar surface area (TPSA) is 106 Å². The van der Waals surface area contributed by atoms with Crippen LogP contribution < -0.4 is 21.6 Å². The second kappa shape index (κ2) is 7.49. The predicted octanol–water partition coefficient (Wildman–Crippen LogP) is 0.179. The number of aromatic nitrogens is 2. The molecule has 3 aliphatic rings. The van der Waals surface area contributed by atoms with Crippen molar-refractivity contribution in [2.24, 2.45) is 18.2 Å². The number of aryl methyl sites for hydroxylation is 1. The molecule has 2 amide bonds. The van der Waals surface area contributed by atoms with Crippen LogP contribution in [0.3, 0.4) is 0 Å². The Labute approximate surface area is 180 Å². The van der Waals surface area contributed by atoms with Crippen LogP contribution in [0.15, 0.2) is 23.0 Å². The van der Waals surface area contributed by atoms with Crippen LogP contribution >= 0.6 is 0 Å². The van der Waals surface area contributed by atoms with Crippen molar-refractivity contribution in [3.05, 3.63) is 28.7 Å². The van der Waals surface area contributed by atoms with E-state index in [1.807, 2.05) is 12.1 Å². The number of carbonyl (C=O) groups is 2. The van der Waals surface area contributed by atoms with Crippen LogP contribution in [-0.2, 0) is 16.6 Å². The average molecular weight is 427 g/mol. The van der Waals surface area contributed by atoms with Gasteiger partial charge < -0.3 is 15.5 Å². The number of anilines is 1. The molecule has 2 unspecified atom stereocenters. The largest absolute Gasteiger partial charge is 0.369 e. The van der Waals surface area contributed by atoms with Gasteiger partial charge in [-0.3, -0.25) is 24.0 Å². The Balaban J connectivity index is 1.50. The highest BCUT2D eigenvalue weighted by Crippen LogP contribution is 2.42. The highest BCUT2D eigenvalue weighted by atomic mass is 16.2. The molecule has 5 rings (SSSR count). The van der Waals surface area contributed by atoms with Gasteiger partial charge in [0, 0.05) is 51.6 Å². The van der Waals surface area contributed by atoms with Crippen LogP contribution in [0, 0.1) is 5.41 Å². The van der Waals surface area contributed by atoms with Gasteiger partial charge in [0.15, 0.2) is 0 Å². The van der Waals surface area contributed by atoms with Gasteiger partial charge in [-0.05, 0) is 37.9 Å². The maximum absolute atomic E-state index is 13.2. The Hall–Kier alpha value is -2.65. The molecule has 3 fully saturated rings. The number of para-hydroxylation sites is 1. The Morgan fingerprint density at radius 1 is 1.16 bits per heavy atom. The number of likely N-dealkylation sites (tertiary alicyclic amines) is 1. The molecule has 0 aliphatic carbocycles. The summed E-state index contributed by atoms with van der Waals surface area (Å²) in [7, 11) is 1.76. The molecule has 0 radical (unpaired) electrons. The normalized spacial score (nSPS) is 27.0. The minimum Gasteiger partial charge on any atom is -0.369 e. The fourth-order valence-corrected chi connectivity index (χ4v) is 5.78. The van der Waals surface area contributed by atoms with Crippen LogP contribution in [0.4, 0.5) is 5.69 Å². The van der Waals surface area contributed by atoms with Crippen LogP contribution in [-0.4, -0.2) is 65.1 Å². The third-order valence-electron chi connectivity index (χ3n) is 7.34. The number of fused-ring (bicyclic) bond motifs is 1. The molecule has 9 heteroatoms. The van der Waals surface area contributed by atoms with E-state index >= 15 is 0 Å². The summed E-state index contributed by atoms with van der Waals surface area (Å²) in [6, 6.07) is 5.27. The SMILES string of the molecule is Cn1c(=O)n(C2CCC(=O)NC2=O)c2cccc(N3CCC4(CCN(CCN)C4)C3)c21. The van der Waals surface area contributed by atoms with E-state index in [0.29, 0.717) is 13.0 Å². The number of piperidine rings is 1. The monoisotopic (exact) mass is 426 g/mol. The van der Waals surface area contributed by atoms with Crippen molar-refractivity contribution in [3.63, 3.8) is 0 Å². The molecule has 4 heterocycles. The molecule has 0 saturated carbocycles. The van der Waals surface area contributed by atoms with Gasteiger partial charge in [0.05, 0.1) is 16.7 Å². The van der Waals surface area contributed by atoms with E-state index in [9.17, 15) is 14.4 Å². The average Bonchev–Trinajstić information content (AvgIpc) is 3.41. The zero-order chi connectivity index (χ0) is 21.8. The van der Waals surface area contributed by atoms with Crippen LogP contribution in [0.1, 0.15) is 31.7 Å². The fraction of sp³-hybridized carbons (Fsp3) is 0.591. The lowest BCUT2D eigenvalue weighted by Crippen LogP contribution is -2.44. The predicted molar refractivity (Wildman–Crippen MR) is 118 cm³/mol. The minimum atomic E-state index is -0.659. The van der Waals surface area contributed by atoms with Gasteiger partial charge >= 0.3 is 5.69 Å². The number of hydrogen-bond donors (Lipinski definition) is 2. The van der Waals surface area contributed by atoms with Crippen LogP contribution in [0.25, 0.3) is 11.0 Å². The number of imide groups is 1. The molecule has 1 aromatic carbocycles. The van der Waals surface area contributed by atoms with Crippen molar-refractivity contribution >= 4 is 28.5 Å². The molecule has 3 N–H and O–H groups in total. The Morgan fingerprint density at radius 3 is 2.74 bits per heavy atom. The van der Waals surface area contributed by atoms with Gasteiger partial charge in [0.2, 0.25) is 11.8 Å². The molecule has 0 bridgehead atoms. The molecule has 166 valence electrons. The molecule has 3 aliphatic heterocycles. The number of carbonyl (C=O) groups excluding carboxylic acids is 2. The van der Waals surface area contributed by atoms with Crippen molar-refractivity contribution in [2.45, 2.75) is 31.7 Å². The maximum atomic E-state index is 13.2. The third-order valence-corrected chi connectivity index (χ3v) is 7.34. The van der Waals surface area contributed by atoms with E-state index in [-0.39, 0.29) is 23.4 Å². The number of hydrogen-bond acceptors (Lipinski definition) is 6. The molecule has 1 aromatic heterocycles. The summed E-state index contributed by atoms with van der Waals surface area (Å²) in [5, 5.41) is 2.38. The van der Waals surface area contributed by atoms with E-state index in [4.69, 9.17) is 5.73 Å². The molecule has 2 atom stereocenters. The fourth-order valence-electron chi connectivity index (χ4n) is 5.78. The number of imidazole rings is 1. The summed E-state index contributed by atoms with van der Waals surface area (Å²) in [4.78, 5) is 42.1. The van der Waals surface area contributed by atoms with Crippen molar-refractivity contribution in [1.82, 2.24) is 19.4 Å². The third kappa shape index (κ3) is 3.27. The standard InChI is InChI=1S/C22H30N6O3/c1-25-19-15(27-11-8-22(14-27)7-10-26(13-22)12-9-23)3-2-4-16(19)28(21(25)31)17-5-6-18(29)24-20(17)30/h2-4,17H,5-14,23H2,1H3,(H,24,29,30). The van der Waals surface area contributed by atoms with Crippen molar-refractivity contribution in [1.29, 1.82) is 0 Å². The van der Waals surface area contributed by atoms with E-state index in [2.05, 4.69) is 21.2 Å². The molecule has 2 aromatic rings. The number of benzene rings is 1. The minimum absolute atomic E-state index is 0.221. The number of rotatable bonds is 4. The first-order chi connectivity index (χ1) is 14.9. The first-order valence-corrected chi connectivity index (χ1v) is 11.1. The Morgan fingerprint density at radius 2 is 1.97 bits per heavy atom. The Kier molecular flexibility index (Phi) is 4.90. The van der Waals surface area contributed by atoms with Gasteiger partial charge in [0.25, 0.3) is 0 Å². The van der Waals surface area contributed by atoms with Gasteiger partial charge in [0.1, 0.15) is 6.04 Å². The second-order valence-electron chi connectivity index (χ2n) is 9.31. The Bertz CT molecular complexity index is 1100. The first kappa shape index (κ1) is 20.3. The van der Waals surface area contributed by atoms with Crippen LogP contribution in [0.2, 0.25) is 0 Å². The summed E-state index contributed by atoms with van der Waals surface area (Å²) in [6.45, 7) is 5.72. The van der Waals surface area contributed by atoms with E-state index in [1.165, 1.54) is 6.42 Å². The number of nitrogens with zero attached hydrogens (tertiary/aromatic N) is 4. The summed E-state index contributed by atoms with van der Waals surface area (Å²) in [5.41, 5.74) is 8.45. The maximum Gasteiger partial charge on any atom is 0.329 e. The molecule has 9 nitrogen and oxygen atoms in total. The van der Waals surface area contributed by atoms with E-state index in [1.54, 1.807) is 16.2 Å². The van der Waals surface area contributed by atoms with Gasteiger partial charge in [-0.2, -0.15) is 0 Å². The van der Waals surface area contributed by atoms with Crippen molar-refractivity contribution in [3.8, 4) is 0 Å². The zero-order valence-electron chi connectivity index (χ0n) is 18.0. The second-order valence-corrected chi connectivity index (χ2v) is 9.31. The molecular weight excluding hydrogens is 396 g/mol. The quantitative estimate of drug-likeness (QED) is 0.676. The molecule has 31 heavy (non-hydrogen) atoms. The van der Waals surface area contributed by atoms with Gasteiger partial charge in [-0.25, -0.2) is 4.79 Å². The number of amides is 2. The highest BCUT2D eigenvalue weighted by Gasteiger charge is 2.43. The summed E-state index contributed by atoms with van der Waals surface area (Å²) < 4.78 is 3.21. The zero-order valence-corrected chi connectivity index (χ0v) is 18.0. The first-order valence-electron chi connectivity index (χ1n) is 11.1. The smallest absolute Gasteiger partial charge is 0.329 e.